The summed E-state index contributed by atoms with van der Waals surface area (Å²) in [7, 11) is 0. The van der Waals surface area contributed by atoms with Crippen LogP contribution in [0, 0.1) is 0 Å². The summed E-state index contributed by atoms with van der Waals surface area (Å²) in [6.45, 7) is 0. The van der Waals surface area contributed by atoms with E-state index >= 15 is 0 Å². The molecule has 0 fully saturated rings. The lowest BCUT2D eigenvalue weighted by molar-refractivity contribution is 0.440. The number of para-hydroxylation sites is 2. The van der Waals surface area contributed by atoms with Crippen LogP contribution < -0.4 is 14.4 Å². The van der Waals surface area contributed by atoms with Crippen molar-refractivity contribution in [1.82, 2.24) is 0 Å². The first-order valence-electron chi connectivity index (χ1n) is 16.5. The predicted octanol–water partition coefficient (Wildman–Crippen LogP) is 13.2. The first-order chi connectivity index (χ1) is 24.3. The highest BCUT2D eigenvalue weighted by Crippen LogP contribution is 2.52. The van der Waals surface area contributed by atoms with Gasteiger partial charge in [0.15, 0.2) is 11.5 Å². The number of anilines is 3. The maximum atomic E-state index is 6.73. The predicted molar refractivity (Wildman–Crippen MR) is 202 cm³/mol. The average Bonchev–Trinajstić information content (AvgIpc) is 3.34. The summed E-state index contributed by atoms with van der Waals surface area (Å²) >= 11 is 0. The smallest absolute Gasteiger partial charge is 0.193 e. The molecule has 0 aliphatic carbocycles. The number of fused-ring (bicyclic) bond motifs is 1. The minimum Gasteiger partial charge on any atom is -0.453 e. The molecule has 0 amide bonds. The lowest BCUT2D eigenvalue weighted by atomic mass is 9.98. The number of rotatable bonds is 6. The van der Waals surface area contributed by atoms with E-state index in [0.717, 1.165) is 44.9 Å². The summed E-state index contributed by atoms with van der Waals surface area (Å²) < 4.78 is 13.3. The fourth-order valence-corrected chi connectivity index (χ4v) is 6.68. The van der Waals surface area contributed by atoms with E-state index in [1.54, 1.807) is 0 Å². The molecule has 8 aromatic rings. The Kier molecular flexibility index (Phi) is 7.14. The van der Waals surface area contributed by atoms with Gasteiger partial charge in [-0.25, -0.2) is 0 Å². The Morgan fingerprint density at radius 1 is 0.306 bits per heavy atom. The zero-order valence-electron chi connectivity index (χ0n) is 26.7. The second kappa shape index (κ2) is 12.2. The second-order valence-corrected chi connectivity index (χ2v) is 12.2. The molecule has 0 saturated carbocycles. The molecule has 9 rings (SSSR count). The normalized spacial score (nSPS) is 11.6. The van der Waals surface area contributed by atoms with Crippen LogP contribution in [0.2, 0.25) is 0 Å². The molecule has 0 radical (unpaired) electrons. The highest BCUT2D eigenvalue weighted by atomic mass is 16.5. The molecule has 49 heavy (non-hydrogen) atoms. The van der Waals surface area contributed by atoms with Crippen molar-refractivity contribution in [3.05, 3.63) is 188 Å². The fourth-order valence-electron chi connectivity index (χ4n) is 6.68. The lowest BCUT2D eigenvalue weighted by Gasteiger charge is -2.27. The van der Waals surface area contributed by atoms with E-state index in [4.69, 9.17) is 9.47 Å². The molecule has 232 valence electrons. The van der Waals surface area contributed by atoms with Gasteiger partial charge in [-0.2, -0.15) is 0 Å². The van der Waals surface area contributed by atoms with Crippen molar-refractivity contribution in [1.29, 1.82) is 0 Å². The van der Waals surface area contributed by atoms with Crippen LogP contribution >= 0.6 is 0 Å². The van der Waals surface area contributed by atoms with Gasteiger partial charge >= 0.3 is 0 Å². The van der Waals surface area contributed by atoms with Crippen LogP contribution in [0.4, 0.5) is 17.1 Å². The van der Waals surface area contributed by atoms with E-state index in [0.29, 0.717) is 11.5 Å². The van der Waals surface area contributed by atoms with Crippen molar-refractivity contribution in [3.63, 3.8) is 0 Å². The van der Waals surface area contributed by atoms with Crippen molar-refractivity contribution in [2.24, 2.45) is 0 Å². The average molecular weight is 630 g/mol. The summed E-state index contributed by atoms with van der Waals surface area (Å²) in [5, 5.41) is 2.05. The summed E-state index contributed by atoms with van der Waals surface area (Å²) in [4.78, 5) is 2.23. The molecule has 0 aromatic heterocycles. The Balaban J connectivity index is 1.04. The van der Waals surface area contributed by atoms with Crippen molar-refractivity contribution in [3.8, 4) is 56.4 Å². The van der Waals surface area contributed by atoms with Crippen molar-refractivity contribution >= 4 is 27.8 Å². The number of benzene rings is 8. The van der Waals surface area contributed by atoms with E-state index in [-0.39, 0.29) is 0 Å². The summed E-state index contributed by atoms with van der Waals surface area (Å²) in [6, 6.07) is 65.5. The second-order valence-electron chi connectivity index (χ2n) is 12.2. The Labute approximate surface area is 285 Å². The highest BCUT2D eigenvalue weighted by Gasteiger charge is 2.25. The van der Waals surface area contributed by atoms with Gasteiger partial charge < -0.3 is 14.4 Å². The Morgan fingerprint density at radius 3 is 1.31 bits per heavy atom. The van der Waals surface area contributed by atoms with Gasteiger partial charge in [0.2, 0.25) is 0 Å². The van der Waals surface area contributed by atoms with Gasteiger partial charge in [-0.05, 0) is 87.3 Å². The molecule has 0 spiro atoms. The van der Waals surface area contributed by atoms with Crippen LogP contribution in [0.1, 0.15) is 0 Å². The van der Waals surface area contributed by atoms with Gasteiger partial charge in [0.1, 0.15) is 11.5 Å². The number of nitrogens with zero attached hydrogens (tertiary/aromatic N) is 1. The summed E-state index contributed by atoms with van der Waals surface area (Å²) in [6.07, 6.45) is 0. The van der Waals surface area contributed by atoms with Crippen LogP contribution in [-0.2, 0) is 0 Å². The zero-order valence-corrected chi connectivity index (χ0v) is 26.7. The molecule has 1 aliphatic rings. The van der Waals surface area contributed by atoms with Crippen molar-refractivity contribution < 1.29 is 9.47 Å². The lowest BCUT2D eigenvalue weighted by Crippen LogP contribution is -2.11. The summed E-state index contributed by atoms with van der Waals surface area (Å²) in [5.74, 6) is 2.91. The highest BCUT2D eigenvalue weighted by molar-refractivity contribution is 5.96. The minimum atomic E-state index is 0.673. The van der Waals surface area contributed by atoms with E-state index in [1.807, 2.05) is 48.5 Å². The fraction of sp³-hybridized carbons (Fsp3) is 0. The Bertz CT molecular complexity index is 2400. The molecule has 3 heteroatoms. The summed E-state index contributed by atoms with van der Waals surface area (Å²) in [5.41, 5.74) is 10.1. The van der Waals surface area contributed by atoms with E-state index < -0.39 is 0 Å². The molecule has 3 nitrogen and oxygen atoms in total. The van der Waals surface area contributed by atoms with Crippen LogP contribution in [0.5, 0.6) is 23.0 Å². The van der Waals surface area contributed by atoms with Crippen LogP contribution in [-0.4, -0.2) is 0 Å². The monoisotopic (exact) mass is 629 g/mol. The number of hydrogen-bond donors (Lipinski definition) is 0. The van der Waals surface area contributed by atoms with Crippen LogP contribution in [0.25, 0.3) is 44.2 Å². The molecule has 8 aromatic carbocycles. The third-order valence-electron chi connectivity index (χ3n) is 9.14. The molecule has 1 aliphatic heterocycles. The van der Waals surface area contributed by atoms with Crippen molar-refractivity contribution in [2.45, 2.75) is 0 Å². The van der Waals surface area contributed by atoms with E-state index in [9.17, 15) is 0 Å². The molecule has 1 heterocycles. The van der Waals surface area contributed by atoms with E-state index in [1.165, 1.54) is 27.8 Å². The third-order valence-corrected chi connectivity index (χ3v) is 9.14. The molecule has 0 N–H and O–H groups in total. The number of ether oxygens (including phenoxy) is 2. The first kappa shape index (κ1) is 28.6. The topological polar surface area (TPSA) is 21.7 Å². The molecule has 0 bridgehead atoms. The standard InChI is InChI=1S/C46H31NO2/c1-3-10-32(11-4-1)33-20-22-34(23-21-33)35-24-26-36(27-25-35)37-28-30-40(31-29-37)47(39-14-5-2-6-15-39)41-16-9-19-44-46(41)49-43-18-8-13-38-12-7-17-42(48-44)45(38)43/h1-31H. The first-order valence-corrected chi connectivity index (χ1v) is 16.5. The van der Waals surface area contributed by atoms with Crippen molar-refractivity contribution in [2.75, 3.05) is 4.90 Å². The minimum absolute atomic E-state index is 0.673. The van der Waals surface area contributed by atoms with Gasteiger partial charge in [0.25, 0.3) is 0 Å². The largest absolute Gasteiger partial charge is 0.453 e. The van der Waals surface area contributed by atoms with Crippen LogP contribution in [0.15, 0.2) is 188 Å². The Hall–Kier alpha value is -6.58. The molecule has 0 unspecified atom stereocenters. The molecular formula is C46H31NO2. The van der Waals surface area contributed by atoms with Crippen LogP contribution in [0.3, 0.4) is 0 Å². The zero-order chi connectivity index (χ0) is 32.6. The van der Waals surface area contributed by atoms with E-state index in [2.05, 4.69) is 144 Å². The quantitative estimate of drug-likeness (QED) is 0.183. The SMILES string of the molecule is c1ccc(-c2ccc(-c3ccc(-c4ccc(N(c5ccccc5)c5cccc6c5Oc5cccc7cccc(c57)O6)cc4)cc3)cc2)cc1. The molecule has 0 atom stereocenters. The van der Waals surface area contributed by atoms with Gasteiger partial charge in [0, 0.05) is 11.4 Å². The molecule has 0 saturated heterocycles. The van der Waals surface area contributed by atoms with Gasteiger partial charge in [-0.15, -0.1) is 0 Å². The Morgan fingerprint density at radius 2 is 0.735 bits per heavy atom. The maximum absolute atomic E-state index is 6.73. The molecular weight excluding hydrogens is 599 g/mol. The number of hydrogen-bond acceptors (Lipinski definition) is 3. The third kappa shape index (κ3) is 5.38. The van der Waals surface area contributed by atoms with Gasteiger partial charge in [-0.1, -0.05) is 140 Å². The van der Waals surface area contributed by atoms with Gasteiger partial charge in [0.05, 0.1) is 11.1 Å². The maximum Gasteiger partial charge on any atom is 0.193 e. The van der Waals surface area contributed by atoms with Gasteiger partial charge in [-0.3, -0.25) is 0 Å².